The molecule has 0 aromatic carbocycles. The molecule has 10 atom stereocenters. The zero-order chi connectivity index (χ0) is 36.5. The smallest absolute Gasteiger partial charge is 0.305 e. The first-order chi connectivity index (χ1) is 22.2. The van der Waals surface area contributed by atoms with Crippen LogP contribution in [0.2, 0.25) is 19.6 Å². The van der Waals surface area contributed by atoms with Crippen LogP contribution in [0.15, 0.2) is 0 Å². The zero-order valence-corrected chi connectivity index (χ0v) is 29.5. The summed E-state index contributed by atoms with van der Waals surface area (Å²) in [5, 5.41) is 0. The maximum Gasteiger partial charge on any atom is 0.305 e. The van der Waals surface area contributed by atoms with Crippen LogP contribution in [0.4, 0.5) is 0 Å². The van der Waals surface area contributed by atoms with Gasteiger partial charge in [0, 0.05) is 48.5 Å². The first-order valence-corrected chi connectivity index (χ1v) is 18.4. The van der Waals surface area contributed by atoms with E-state index in [1.54, 1.807) is 0 Å². The predicted molar refractivity (Wildman–Crippen MR) is 158 cm³/mol. The van der Waals surface area contributed by atoms with Gasteiger partial charge in [0.05, 0.1) is 0 Å². The molecule has 2 aliphatic heterocycles. The molecule has 0 aromatic heterocycles. The fourth-order valence-corrected chi connectivity index (χ4v) is 6.05. The Morgan fingerprint density at radius 1 is 0.458 bits per heavy atom. The summed E-state index contributed by atoms with van der Waals surface area (Å²) in [4.78, 5) is 84.9. The highest BCUT2D eigenvalue weighted by Crippen LogP contribution is 2.36. The van der Waals surface area contributed by atoms with Crippen molar-refractivity contribution in [2.45, 2.75) is 130 Å². The van der Waals surface area contributed by atoms with E-state index >= 15 is 0 Å². The topological polar surface area (TPSA) is 221 Å². The lowest BCUT2D eigenvalue weighted by atomic mass is 9.96. The molecule has 0 aromatic rings. The number of hydrogen-bond acceptors (Lipinski definition) is 18. The van der Waals surface area contributed by atoms with Gasteiger partial charge in [0.15, 0.2) is 32.9 Å². The van der Waals surface area contributed by atoms with Gasteiger partial charge < -0.3 is 51.8 Å². The van der Waals surface area contributed by atoms with E-state index in [-0.39, 0.29) is 0 Å². The SMILES string of the molecule is CC(=O)OC[C@H]1O[C@@H](O[C@H]2[C@H](OC(C)=O)[C@@H](OC(C)=O)C(OC(C)=O)O[C@@H]2COC(C)=O)[C@H](OC(C)=O)[C@@H](OC(C)=O)[C@H]1O[Si](C)(C)C. The largest absolute Gasteiger partial charge is 0.463 e. The standard InChI is InChI=1S/C29H44O18Si/c1-13(30)37-11-20-22(24(39-15(3)32)26(41-17(5)34)28(44-20)43-19(7)36)46-29-27(42-18(6)35)25(40-16(4)33)23(47-48(8,9)10)21(45-29)12-38-14(2)31/h20-29H,11-12H2,1-10H3/t20-,21-,22-,23+,24+,25+,26-,27-,28?,29+/m1/s1. The Bertz CT molecular complexity index is 1200. The molecule has 19 heteroatoms. The van der Waals surface area contributed by atoms with Crippen LogP contribution in [0.1, 0.15) is 48.5 Å². The van der Waals surface area contributed by atoms with Crippen LogP contribution in [0.5, 0.6) is 0 Å². The summed E-state index contributed by atoms with van der Waals surface area (Å²) in [5.74, 6) is -5.70. The van der Waals surface area contributed by atoms with E-state index < -0.39 is 125 Å². The van der Waals surface area contributed by atoms with Gasteiger partial charge in [-0.3, -0.25) is 33.6 Å². The highest BCUT2D eigenvalue weighted by Gasteiger charge is 2.58. The van der Waals surface area contributed by atoms with Gasteiger partial charge in [0.25, 0.3) is 0 Å². The highest BCUT2D eigenvalue weighted by atomic mass is 28.4. The van der Waals surface area contributed by atoms with E-state index in [1.165, 1.54) is 0 Å². The Balaban J connectivity index is 2.75. The lowest BCUT2D eigenvalue weighted by Gasteiger charge is -2.49. The summed E-state index contributed by atoms with van der Waals surface area (Å²) in [6.45, 7) is 12.1. The number of hydrogen-bond donors (Lipinski definition) is 0. The van der Waals surface area contributed by atoms with Crippen molar-refractivity contribution in [3.05, 3.63) is 0 Å². The lowest BCUT2D eigenvalue weighted by Crippen LogP contribution is -2.67. The Labute approximate surface area is 278 Å². The summed E-state index contributed by atoms with van der Waals surface area (Å²) >= 11 is 0. The fraction of sp³-hybridized carbons (Fsp3) is 0.759. The molecule has 0 radical (unpaired) electrons. The summed E-state index contributed by atoms with van der Waals surface area (Å²) in [5.41, 5.74) is 0. The van der Waals surface area contributed by atoms with Crippen LogP contribution in [0.25, 0.3) is 0 Å². The van der Waals surface area contributed by atoms with Crippen LogP contribution in [-0.2, 0) is 85.4 Å². The lowest BCUT2D eigenvalue weighted by molar-refractivity contribution is -0.356. The van der Waals surface area contributed by atoms with Crippen molar-refractivity contribution >= 4 is 50.1 Å². The molecular formula is C29H44O18Si. The Morgan fingerprint density at radius 3 is 1.21 bits per heavy atom. The average molecular weight is 709 g/mol. The second kappa shape index (κ2) is 17.7. The number of carbonyl (C=O) groups excluding carboxylic acids is 7. The van der Waals surface area contributed by atoms with Gasteiger partial charge in [-0.25, -0.2) is 0 Å². The summed E-state index contributed by atoms with van der Waals surface area (Å²) in [6, 6.07) is 0. The zero-order valence-electron chi connectivity index (χ0n) is 28.5. The van der Waals surface area contributed by atoms with Gasteiger partial charge in [-0.1, -0.05) is 0 Å². The van der Waals surface area contributed by atoms with E-state index in [0.29, 0.717) is 0 Å². The minimum absolute atomic E-state index is 0.426. The van der Waals surface area contributed by atoms with Crippen molar-refractivity contribution in [1.82, 2.24) is 0 Å². The van der Waals surface area contributed by atoms with Crippen LogP contribution < -0.4 is 0 Å². The first-order valence-electron chi connectivity index (χ1n) is 15.0. The van der Waals surface area contributed by atoms with Crippen molar-refractivity contribution in [2.75, 3.05) is 13.2 Å². The van der Waals surface area contributed by atoms with Crippen molar-refractivity contribution in [3.63, 3.8) is 0 Å². The number of rotatable bonds is 13. The molecule has 2 rings (SSSR count). The number of carbonyl (C=O) groups is 7. The molecule has 2 saturated heterocycles. The molecule has 2 aliphatic rings. The van der Waals surface area contributed by atoms with E-state index in [1.807, 2.05) is 19.6 Å². The van der Waals surface area contributed by atoms with Crippen LogP contribution in [-0.4, -0.2) is 125 Å². The molecule has 18 nitrogen and oxygen atoms in total. The minimum Gasteiger partial charge on any atom is -0.463 e. The Kier molecular flexibility index (Phi) is 14.9. The van der Waals surface area contributed by atoms with Crippen molar-refractivity contribution in [2.24, 2.45) is 0 Å². The van der Waals surface area contributed by atoms with Crippen molar-refractivity contribution in [1.29, 1.82) is 0 Å². The molecule has 0 amide bonds. The third kappa shape index (κ3) is 12.8. The summed E-state index contributed by atoms with van der Waals surface area (Å²) in [6.07, 6.45) is -14.9. The van der Waals surface area contributed by atoms with Gasteiger partial charge in [-0.05, 0) is 19.6 Å². The molecule has 48 heavy (non-hydrogen) atoms. The first kappa shape index (κ1) is 40.5. The predicted octanol–water partition coefficient (Wildman–Crippen LogP) is 0.458. The molecule has 0 aliphatic carbocycles. The van der Waals surface area contributed by atoms with E-state index in [2.05, 4.69) is 0 Å². The van der Waals surface area contributed by atoms with Gasteiger partial charge >= 0.3 is 41.8 Å². The molecule has 0 spiro atoms. The van der Waals surface area contributed by atoms with Crippen LogP contribution in [0, 0.1) is 0 Å². The molecule has 272 valence electrons. The minimum atomic E-state index is -2.49. The quantitative estimate of drug-likeness (QED) is 0.144. The second-order valence-electron chi connectivity index (χ2n) is 11.9. The van der Waals surface area contributed by atoms with E-state index in [0.717, 1.165) is 48.5 Å². The molecular weight excluding hydrogens is 664 g/mol. The Morgan fingerprint density at radius 2 is 0.812 bits per heavy atom. The normalized spacial score (nSPS) is 30.2. The fourth-order valence-electron chi connectivity index (χ4n) is 4.95. The third-order valence-corrected chi connectivity index (χ3v) is 7.33. The van der Waals surface area contributed by atoms with Crippen molar-refractivity contribution < 1.29 is 85.4 Å². The maximum absolute atomic E-state index is 12.4. The number of esters is 7. The van der Waals surface area contributed by atoms with E-state index in [9.17, 15) is 33.6 Å². The van der Waals surface area contributed by atoms with Crippen LogP contribution in [0.3, 0.4) is 0 Å². The highest BCUT2D eigenvalue weighted by molar-refractivity contribution is 6.69. The molecule has 2 fully saturated rings. The third-order valence-electron chi connectivity index (χ3n) is 6.36. The molecule has 1 unspecified atom stereocenters. The Hall–Kier alpha value is -3.65. The molecule has 0 saturated carbocycles. The molecule has 0 N–H and O–H groups in total. The monoisotopic (exact) mass is 708 g/mol. The molecule has 2 heterocycles. The van der Waals surface area contributed by atoms with Crippen LogP contribution >= 0.6 is 0 Å². The van der Waals surface area contributed by atoms with Gasteiger partial charge in [-0.15, -0.1) is 0 Å². The van der Waals surface area contributed by atoms with Crippen molar-refractivity contribution in [3.8, 4) is 0 Å². The molecule has 0 bridgehead atoms. The maximum atomic E-state index is 12.4. The van der Waals surface area contributed by atoms with Gasteiger partial charge in [-0.2, -0.15) is 0 Å². The van der Waals surface area contributed by atoms with Gasteiger partial charge in [0.2, 0.25) is 12.4 Å². The second-order valence-corrected chi connectivity index (χ2v) is 16.4. The summed E-state index contributed by atoms with van der Waals surface area (Å²) in [7, 11) is -2.49. The van der Waals surface area contributed by atoms with Gasteiger partial charge in [0.1, 0.15) is 37.6 Å². The average Bonchev–Trinajstić information content (AvgIpc) is 2.90. The summed E-state index contributed by atoms with van der Waals surface area (Å²) < 4.78 is 62.3. The number of ether oxygens (including phenoxy) is 10. The van der Waals surface area contributed by atoms with E-state index in [4.69, 9.17) is 51.8 Å².